The number of anilines is 1. The summed E-state index contributed by atoms with van der Waals surface area (Å²) in [7, 11) is 1.37. The van der Waals surface area contributed by atoms with Crippen LogP contribution in [-0.2, 0) is 22.4 Å². The first kappa shape index (κ1) is 20.1. The van der Waals surface area contributed by atoms with Crippen LogP contribution in [0.2, 0.25) is 0 Å². The van der Waals surface area contributed by atoms with E-state index in [0.29, 0.717) is 21.7 Å². The molecule has 0 unspecified atom stereocenters. The molecular weight excluding hydrogens is 430 g/mol. The highest BCUT2D eigenvalue weighted by Crippen LogP contribution is 2.38. The fraction of sp³-hybridized carbons (Fsp3) is 0.368. The van der Waals surface area contributed by atoms with Crippen molar-refractivity contribution in [2.75, 3.05) is 18.2 Å². The van der Waals surface area contributed by atoms with Crippen LogP contribution in [0.5, 0.6) is 0 Å². The lowest BCUT2D eigenvalue weighted by atomic mass is 10.1. The summed E-state index contributed by atoms with van der Waals surface area (Å²) in [5, 5.41) is 13.7. The van der Waals surface area contributed by atoms with Crippen molar-refractivity contribution in [3.8, 4) is 10.8 Å². The van der Waals surface area contributed by atoms with Gasteiger partial charge in [-0.25, -0.2) is 4.79 Å². The predicted molar refractivity (Wildman–Crippen MR) is 114 cm³/mol. The van der Waals surface area contributed by atoms with Gasteiger partial charge >= 0.3 is 5.97 Å². The largest absolute Gasteiger partial charge is 0.465 e. The molecule has 0 saturated heterocycles. The summed E-state index contributed by atoms with van der Waals surface area (Å²) < 4.78 is 10.6. The van der Waals surface area contributed by atoms with E-state index in [-0.39, 0.29) is 11.7 Å². The van der Waals surface area contributed by atoms with Gasteiger partial charge in [0.05, 0.1) is 23.3 Å². The van der Waals surface area contributed by atoms with Gasteiger partial charge in [-0.3, -0.25) is 4.79 Å². The Balaban J connectivity index is 1.44. The molecule has 0 fully saturated rings. The molecule has 0 aromatic carbocycles. The van der Waals surface area contributed by atoms with Gasteiger partial charge in [0.15, 0.2) is 0 Å². The van der Waals surface area contributed by atoms with Crippen LogP contribution in [0.15, 0.2) is 27.2 Å². The van der Waals surface area contributed by atoms with Crippen molar-refractivity contribution in [3.63, 3.8) is 0 Å². The number of ether oxygens (including phenoxy) is 1. The van der Waals surface area contributed by atoms with Crippen molar-refractivity contribution in [2.45, 2.75) is 37.3 Å². The van der Waals surface area contributed by atoms with E-state index in [2.05, 4.69) is 15.5 Å². The van der Waals surface area contributed by atoms with Crippen LogP contribution in [0.1, 0.15) is 40.1 Å². The third-order valence-electron chi connectivity index (χ3n) is 4.53. The number of carbonyl (C=O) groups is 2. The van der Waals surface area contributed by atoms with Crippen LogP contribution in [-0.4, -0.2) is 34.9 Å². The number of methoxy groups -OCH3 is 1. The first-order chi connectivity index (χ1) is 14.2. The molecule has 0 spiro atoms. The second-order valence-electron chi connectivity index (χ2n) is 6.45. The number of amides is 1. The van der Waals surface area contributed by atoms with E-state index in [4.69, 9.17) is 9.15 Å². The van der Waals surface area contributed by atoms with Crippen molar-refractivity contribution < 1.29 is 18.7 Å². The van der Waals surface area contributed by atoms with E-state index in [9.17, 15) is 9.59 Å². The molecule has 29 heavy (non-hydrogen) atoms. The fourth-order valence-corrected chi connectivity index (χ4v) is 5.71. The lowest BCUT2D eigenvalue weighted by Gasteiger charge is -2.07. The Labute approximate surface area is 179 Å². The first-order valence-electron chi connectivity index (χ1n) is 9.18. The number of aromatic nitrogens is 2. The first-order valence-corrected chi connectivity index (χ1v) is 11.9. The zero-order chi connectivity index (χ0) is 20.2. The molecule has 1 aliphatic carbocycles. The Kier molecular flexibility index (Phi) is 6.31. The molecule has 3 aromatic rings. The van der Waals surface area contributed by atoms with Gasteiger partial charge in [0.25, 0.3) is 11.1 Å². The number of thiophene rings is 2. The average molecular weight is 450 g/mol. The van der Waals surface area contributed by atoms with E-state index < -0.39 is 5.97 Å². The minimum atomic E-state index is -0.398. The number of esters is 1. The van der Waals surface area contributed by atoms with Gasteiger partial charge in [0.2, 0.25) is 5.91 Å². The Morgan fingerprint density at radius 1 is 1.28 bits per heavy atom. The minimum absolute atomic E-state index is 0.106. The second kappa shape index (κ2) is 9.10. The SMILES string of the molecule is COC(=O)c1c(NC(=O)CSc2nnc(-c3cccs3)o2)sc2c1CCCCC2. The summed E-state index contributed by atoms with van der Waals surface area (Å²) >= 11 is 4.15. The fourth-order valence-electron chi connectivity index (χ4n) is 3.21. The summed E-state index contributed by atoms with van der Waals surface area (Å²) in [6.45, 7) is 0. The Bertz CT molecular complexity index is 1010. The molecule has 1 amide bonds. The Hall–Kier alpha value is -2.17. The van der Waals surface area contributed by atoms with Gasteiger partial charge in [0, 0.05) is 4.88 Å². The zero-order valence-corrected chi connectivity index (χ0v) is 18.2. The molecule has 3 heterocycles. The van der Waals surface area contributed by atoms with Gasteiger partial charge < -0.3 is 14.5 Å². The molecule has 0 bridgehead atoms. The maximum Gasteiger partial charge on any atom is 0.341 e. The summed E-state index contributed by atoms with van der Waals surface area (Å²) in [4.78, 5) is 26.9. The van der Waals surface area contributed by atoms with E-state index in [1.807, 2.05) is 17.5 Å². The van der Waals surface area contributed by atoms with E-state index in [1.54, 1.807) is 0 Å². The van der Waals surface area contributed by atoms with Gasteiger partial charge in [-0.05, 0) is 42.7 Å². The molecular formula is C19H19N3O4S3. The highest BCUT2D eigenvalue weighted by molar-refractivity contribution is 7.99. The molecule has 7 nitrogen and oxygen atoms in total. The molecule has 3 aromatic heterocycles. The van der Waals surface area contributed by atoms with Crippen LogP contribution >= 0.6 is 34.4 Å². The standard InChI is InChI=1S/C19H19N3O4S3/c1-25-18(24)15-11-6-3-2-4-7-12(11)29-17(15)20-14(23)10-28-19-22-21-16(26-19)13-8-5-9-27-13/h5,8-9H,2-4,6-7,10H2,1H3,(H,20,23). The van der Waals surface area contributed by atoms with Gasteiger partial charge in [0.1, 0.15) is 5.00 Å². The van der Waals surface area contributed by atoms with Crippen molar-refractivity contribution in [3.05, 3.63) is 33.5 Å². The third-order valence-corrected chi connectivity index (χ3v) is 7.41. The van der Waals surface area contributed by atoms with Crippen LogP contribution in [0, 0.1) is 0 Å². The van der Waals surface area contributed by atoms with Crippen molar-refractivity contribution in [1.82, 2.24) is 10.2 Å². The topological polar surface area (TPSA) is 94.3 Å². The number of rotatable bonds is 6. The number of fused-ring (bicyclic) bond motifs is 1. The van der Waals surface area contributed by atoms with E-state index >= 15 is 0 Å². The van der Waals surface area contributed by atoms with E-state index in [1.165, 1.54) is 34.7 Å². The number of nitrogens with one attached hydrogen (secondary N) is 1. The molecule has 0 atom stereocenters. The van der Waals surface area contributed by atoms with Crippen LogP contribution in [0.4, 0.5) is 5.00 Å². The van der Waals surface area contributed by atoms with E-state index in [0.717, 1.165) is 54.3 Å². The summed E-state index contributed by atoms with van der Waals surface area (Å²) in [5.41, 5.74) is 1.53. The monoisotopic (exact) mass is 449 g/mol. The quantitative estimate of drug-likeness (QED) is 0.333. The molecule has 0 radical (unpaired) electrons. The molecule has 1 aliphatic rings. The van der Waals surface area contributed by atoms with Crippen molar-refractivity contribution >= 4 is 51.3 Å². The predicted octanol–water partition coefficient (Wildman–Crippen LogP) is 4.65. The number of thioether (sulfide) groups is 1. The number of hydrogen-bond acceptors (Lipinski definition) is 9. The molecule has 4 rings (SSSR count). The van der Waals surface area contributed by atoms with Crippen molar-refractivity contribution in [2.24, 2.45) is 0 Å². The summed E-state index contributed by atoms with van der Waals surface area (Å²) in [6.07, 6.45) is 5.07. The molecule has 152 valence electrons. The van der Waals surface area contributed by atoms with Crippen LogP contribution < -0.4 is 5.32 Å². The normalized spacial score (nSPS) is 13.6. The van der Waals surface area contributed by atoms with Gasteiger partial charge in [-0.1, -0.05) is 24.2 Å². The number of hydrogen-bond donors (Lipinski definition) is 1. The number of aryl methyl sites for hydroxylation is 1. The smallest absolute Gasteiger partial charge is 0.341 e. The maximum atomic E-state index is 12.5. The highest BCUT2D eigenvalue weighted by atomic mass is 32.2. The molecule has 10 heteroatoms. The van der Waals surface area contributed by atoms with Gasteiger partial charge in [-0.15, -0.1) is 32.9 Å². The average Bonchev–Trinajstić information content (AvgIpc) is 3.44. The number of nitrogens with zero attached hydrogens (tertiary/aromatic N) is 2. The Morgan fingerprint density at radius 3 is 2.93 bits per heavy atom. The third kappa shape index (κ3) is 4.54. The van der Waals surface area contributed by atoms with Crippen molar-refractivity contribution in [1.29, 1.82) is 0 Å². The summed E-state index contributed by atoms with van der Waals surface area (Å²) in [6, 6.07) is 3.81. The molecule has 0 saturated carbocycles. The second-order valence-corrected chi connectivity index (χ2v) is 9.43. The van der Waals surface area contributed by atoms with Crippen LogP contribution in [0.3, 0.4) is 0 Å². The highest BCUT2D eigenvalue weighted by Gasteiger charge is 2.26. The lowest BCUT2D eigenvalue weighted by molar-refractivity contribution is -0.113. The minimum Gasteiger partial charge on any atom is -0.465 e. The number of carbonyl (C=O) groups excluding carboxylic acids is 2. The van der Waals surface area contributed by atoms with Crippen LogP contribution in [0.25, 0.3) is 10.8 Å². The molecule has 1 N–H and O–H groups in total. The van der Waals surface area contributed by atoms with Gasteiger partial charge in [-0.2, -0.15) is 0 Å². The maximum absolute atomic E-state index is 12.5. The summed E-state index contributed by atoms with van der Waals surface area (Å²) in [5.74, 6) is -0.0786. The molecule has 0 aliphatic heterocycles. The lowest BCUT2D eigenvalue weighted by Crippen LogP contribution is -2.16. The zero-order valence-electron chi connectivity index (χ0n) is 15.7. The Morgan fingerprint density at radius 2 is 2.14 bits per heavy atom.